The minimum absolute atomic E-state index is 0.120. The summed E-state index contributed by atoms with van der Waals surface area (Å²) in [6.07, 6.45) is 3.10. The number of amides is 2. The van der Waals surface area contributed by atoms with Crippen molar-refractivity contribution in [1.82, 2.24) is 0 Å². The lowest BCUT2D eigenvalue weighted by atomic mass is 9.93. The molecular formula is C22H30N2O6. The highest BCUT2D eigenvalue weighted by molar-refractivity contribution is 6.05. The van der Waals surface area contributed by atoms with Crippen LogP contribution in [-0.2, 0) is 27.3 Å². The Bertz CT molecular complexity index is 896. The fourth-order valence-corrected chi connectivity index (χ4v) is 3.38. The van der Waals surface area contributed by atoms with Crippen LogP contribution in [0.25, 0.3) is 0 Å². The Morgan fingerprint density at radius 3 is 2.50 bits per heavy atom. The number of benzene rings is 1. The maximum absolute atomic E-state index is 12.3. The Labute approximate surface area is 176 Å². The normalized spacial score (nSPS) is 13.5. The number of hydrogen-bond acceptors (Lipinski definition) is 6. The molecule has 0 radical (unpaired) electrons. The second-order valence-corrected chi connectivity index (χ2v) is 8.27. The first-order chi connectivity index (χ1) is 13.9. The summed E-state index contributed by atoms with van der Waals surface area (Å²) in [4.78, 5) is 35.8. The van der Waals surface area contributed by atoms with Gasteiger partial charge in [0.2, 0.25) is 0 Å². The highest BCUT2D eigenvalue weighted by atomic mass is 16.6. The monoisotopic (exact) mass is 418 g/mol. The Hall–Kier alpha value is -3.03. The molecule has 0 saturated carbocycles. The minimum Gasteiger partial charge on any atom is -0.496 e. The molecule has 2 amide bonds. The van der Waals surface area contributed by atoms with Crippen molar-refractivity contribution in [3.63, 3.8) is 0 Å². The molecule has 164 valence electrons. The summed E-state index contributed by atoms with van der Waals surface area (Å²) in [5.74, 6) is -0.210. The second kappa shape index (κ2) is 9.19. The zero-order chi connectivity index (χ0) is 22.6. The van der Waals surface area contributed by atoms with Crippen LogP contribution in [0.5, 0.6) is 5.75 Å². The molecular weight excluding hydrogens is 388 g/mol. The van der Waals surface area contributed by atoms with Gasteiger partial charge in [-0.25, -0.2) is 9.59 Å². The highest BCUT2D eigenvalue weighted by Gasteiger charge is 2.32. The minimum atomic E-state index is -0.783. The Morgan fingerprint density at radius 1 is 1.27 bits per heavy atom. The molecule has 0 spiro atoms. The zero-order valence-electron chi connectivity index (χ0n) is 18.4. The third-order valence-corrected chi connectivity index (χ3v) is 4.72. The number of carbonyl (C=O) groups excluding carboxylic acids is 3. The number of nitrogens with one attached hydrogen (secondary N) is 1. The van der Waals surface area contributed by atoms with Crippen LogP contribution in [0.15, 0.2) is 11.6 Å². The van der Waals surface area contributed by atoms with E-state index in [1.54, 1.807) is 0 Å². The van der Waals surface area contributed by atoms with Gasteiger partial charge in [0.1, 0.15) is 18.0 Å². The van der Waals surface area contributed by atoms with E-state index >= 15 is 0 Å². The van der Waals surface area contributed by atoms with E-state index in [1.165, 1.54) is 7.11 Å². The van der Waals surface area contributed by atoms with Crippen molar-refractivity contribution in [1.29, 1.82) is 0 Å². The summed E-state index contributed by atoms with van der Waals surface area (Å²) >= 11 is 0. The quantitative estimate of drug-likeness (QED) is 0.514. The van der Waals surface area contributed by atoms with Crippen molar-refractivity contribution < 1.29 is 28.6 Å². The average Bonchev–Trinajstić information content (AvgIpc) is 3.01. The number of hydrogen-bond donors (Lipinski definition) is 2. The Balaban J connectivity index is 2.32. The summed E-state index contributed by atoms with van der Waals surface area (Å²) in [5.41, 5.74) is 8.48. The van der Waals surface area contributed by atoms with Crippen LogP contribution < -0.4 is 15.8 Å². The Morgan fingerprint density at radius 2 is 1.93 bits per heavy atom. The highest BCUT2D eigenvalue weighted by Crippen LogP contribution is 2.41. The van der Waals surface area contributed by atoms with Gasteiger partial charge in [0.25, 0.3) is 0 Å². The molecule has 1 aliphatic heterocycles. The molecule has 0 aromatic heterocycles. The summed E-state index contributed by atoms with van der Waals surface area (Å²) in [6, 6.07) is -0.783. The number of rotatable bonds is 7. The van der Waals surface area contributed by atoms with Crippen LogP contribution in [0.4, 0.5) is 10.5 Å². The summed E-state index contributed by atoms with van der Waals surface area (Å²) in [6.45, 7) is 9.36. The van der Waals surface area contributed by atoms with Crippen LogP contribution in [0.2, 0.25) is 0 Å². The molecule has 30 heavy (non-hydrogen) atoms. The summed E-state index contributed by atoms with van der Waals surface area (Å²) < 4.78 is 16.1. The molecule has 0 fully saturated rings. The van der Waals surface area contributed by atoms with E-state index in [0.29, 0.717) is 41.0 Å². The molecule has 0 bridgehead atoms. The predicted octanol–water partition coefficient (Wildman–Crippen LogP) is 3.78. The molecule has 8 nitrogen and oxygen atoms in total. The van der Waals surface area contributed by atoms with Gasteiger partial charge >= 0.3 is 18.0 Å². The van der Waals surface area contributed by atoms with E-state index in [1.807, 2.05) is 40.7 Å². The number of carbonyl (C=O) groups is 3. The number of cyclic esters (lactones) is 1. The first kappa shape index (κ1) is 23.3. The molecule has 0 aliphatic carbocycles. The number of ether oxygens (including phenoxy) is 3. The standard InChI is InChI=1S/C22H30N2O6/c1-12(8-10-16(25)30-22(3,4)5)7-9-14-18(24-21(23)27)17-15(11-29-20(17)26)13(2)19(14)28-6/h7H,8-11H2,1-6H3,(H3,23,24,27). The average molecular weight is 418 g/mol. The number of methoxy groups -OCH3 is 1. The molecule has 1 aromatic rings. The molecule has 2 rings (SSSR count). The van der Waals surface area contributed by atoms with E-state index in [4.69, 9.17) is 19.9 Å². The van der Waals surface area contributed by atoms with E-state index in [0.717, 1.165) is 11.1 Å². The van der Waals surface area contributed by atoms with Gasteiger partial charge in [0.15, 0.2) is 0 Å². The molecule has 3 N–H and O–H groups in total. The predicted molar refractivity (Wildman–Crippen MR) is 113 cm³/mol. The van der Waals surface area contributed by atoms with Crippen LogP contribution in [0.3, 0.4) is 0 Å². The van der Waals surface area contributed by atoms with Crippen LogP contribution in [-0.4, -0.2) is 30.7 Å². The van der Waals surface area contributed by atoms with Crippen molar-refractivity contribution in [2.75, 3.05) is 12.4 Å². The molecule has 8 heteroatoms. The number of urea groups is 1. The van der Waals surface area contributed by atoms with Crippen LogP contribution in [0.1, 0.15) is 67.6 Å². The van der Waals surface area contributed by atoms with Crippen molar-refractivity contribution in [2.24, 2.45) is 5.73 Å². The molecule has 1 aliphatic rings. The van der Waals surface area contributed by atoms with E-state index in [2.05, 4.69) is 5.32 Å². The maximum Gasteiger partial charge on any atom is 0.341 e. The Kier molecular flexibility index (Phi) is 7.12. The summed E-state index contributed by atoms with van der Waals surface area (Å²) in [7, 11) is 1.53. The third kappa shape index (κ3) is 5.52. The van der Waals surface area contributed by atoms with Crippen molar-refractivity contribution in [3.05, 3.63) is 33.9 Å². The number of esters is 2. The first-order valence-electron chi connectivity index (χ1n) is 9.78. The molecule has 0 unspecified atom stereocenters. The van der Waals surface area contributed by atoms with Gasteiger partial charge in [-0.3, -0.25) is 4.79 Å². The smallest absolute Gasteiger partial charge is 0.341 e. The fourth-order valence-electron chi connectivity index (χ4n) is 3.38. The van der Waals surface area contributed by atoms with Crippen LogP contribution >= 0.6 is 0 Å². The van der Waals surface area contributed by atoms with Crippen molar-refractivity contribution in [2.45, 2.75) is 66.1 Å². The maximum atomic E-state index is 12.3. The molecule has 0 atom stereocenters. The number of fused-ring (bicyclic) bond motifs is 1. The summed E-state index contributed by atoms with van der Waals surface area (Å²) in [5, 5.41) is 2.56. The van der Waals surface area contributed by atoms with Gasteiger partial charge in [-0.2, -0.15) is 0 Å². The lowest BCUT2D eigenvalue weighted by molar-refractivity contribution is -0.154. The van der Waals surface area contributed by atoms with Gasteiger partial charge < -0.3 is 25.3 Å². The number of allylic oxidation sites excluding steroid dienone is 2. The SMILES string of the molecule is COc1c(C)c2c(c(NC(N)=O)c1CC=C(C)CCC(=O)OC(C)(C)C)C(=O)OC2. The van der Waals surface area contributed by atoms with Gasteiger partial charge in [0, 0.05) is 17.5 Å². The largest absolute Gasteiger partial charge is 0.496 e. The van der Waals surface area contributed by atoms with Crippen molar-refractivity contribution in [3.8, 4) is 5.75 Å². The zero-order valence-corrected chi connectivity index (χ0v) is 18.4. The number of anilines is 1. The lowest BCUT2D eigenvalue weighted by Gasteiger charge is -2.20. The van der Waals surface area contributed by atoms with Gasteiger partial charge in [0.05, 0.1) is 18.4 Å². The topological polar surface area (TPSA) is 117 Å². The molecule has 1 heterocycles. The molecule has 0 saturated heterocycles. The molecule has 1 aromatic carbocycles. The third-order valence-electron chi connectivity index (χ3n) is 4.72. The van der Waals surface area contributed by atoms with Gasteiger partial charge in [-0.1, -0.05) is 11.6 Å². The second-order valence-electron chi connectivity index (χ2n) is 8.27. The van der Waals surface area contributed by atoms with Crippen molar-refractivity contribution >= 4 is 23.7 Å². The first-order valence-corrected chi connectivity index (χ1v) is 9.78. The number of primary amides is 1. The number of nitrogens with two attached hydrogens (primary N) is 1. The van der Waals surface area contributed by atoms with Gasteiger partial charge in [-0.15, -0.1) is 0 Å². The van der Waals surface area contributed by atoms with E-state index < -0.39 is 17.6 Å². The lowest BCUT2D eigenvalue weighted by Crippen LogP contribution is -2.23. The van der Waals surface area contributed by atoms with Crippen LogP contribution in [0, 0.1) is 6.92 Å². The van der Waals surface area contributed by atoms with Gasteiger partial charge in [-0.05, 0) is 53.0 Å². The van der Waals surface area contributed by atoms with E-state index in [9.17, 15) is 14.4 Å². The fraction of sp³-hybridized carbons (Fsp3) is 0.500. The van der Waals surface area contributed by atoms with E-state index in [-0.39, 0.29) is 19.0 Å².